The van der Waals surface area contributed by atoms with Gasteiger partial charge in [0.2, 0.25) is 0 Å². The van der Waals surface area contributed by atoms with Gasteiger partial charge >= 0.3 is 0 Å². The normalized spacial score (nSPS) is 14.4. The minimum atomic E-state index is 0.111. The van der Waals surface area contributed by atoms with Crippen LogP contribution in [-0.2, 0) is 12.0 Å². The van der Waals surface area contributed by atoms with Gasteiger partial charge in [-0.2, -0.15) is 0 Å². The number of aromatic nitrogens is 2. The topological polar surface area (TPSA) is 43.8 Å². The van der Waals surface area contributed by atoms with Crippen molar-refractivity contribution >= 4 is 0 Å². The largest absolute Gasteiger partial charge is 0.330 e. The number of nitrogens with zero attached hydrogens (tertiary/aromatic N) is 2. The van der Waals surface area contributed by atoms with Gasteiger partial charge in [0, 0.05) is 17.4 Å². The zero-order chi connectivity index (χ0) is 10.8. The van der Waals surface area contributed by atoms with Crippen molar-refractivity contribution in [1.29, 1.82) is 0 Å². The molecular formula is C11H21N3. The van der Waals surface area contributed by atoms with Crippen molar-refractivity contribution in [3.63, 3.8) is 0 Å². The molecule has 2 N–H and O–H groups in total. The van der Waals surface area contributed by atoms with Crippen molar-refractivity contribution in [3.05, 3.63) is 18.2 Å². The predicted octanol–water partition coefficient (Wildman–Crippen LogP) is 1.78. The second-order valence-electron chi connectivity index (χ2n) is 4.97. The van der Waals surface area contributed by atoms with Crippen molar-refractivity contribution in [3.8, 4) is 0 Å². The van der Waals surface area contributed by atoms with Crippen LogP contribution in [0.3, 0.4) is 0 Å². The van der Waals surface area contributed by atoms with Gasteiger partial charge in [0.15, 0.2) is 0 Å². The first-order chi connectivity index (χ1) is 6.45. The van der Waals surface area contributed by atoms with E-state index >= 15 is 0 Å². The van der Waals surface area contributed by atoms with Crippen LogP contribution in [0.15, 0.2) is 12.5 Å². The van der Waals surface area contributed by atoms with Crippen LogP contribution >= 0.6 is 0 Å². The van der Waals surface area contributed by atoms with E-state index in [-0.39, 0.29) is 5.54 Å². The summed E-state index contributed by atoms with van der Waals surface area (Å²) in [6.45, 7) is 9.46. The van der Waals surface area contributed by atoms with E-state index in [9.17, 15) is 0 Å². The van der Waals surface area contributed by atoms with Gasteiger partial charge in [-0.1, -0.05) is 6.92 Å². The highest BCUT2D eigenvalue weighted by Gasteiger charge is 2.17. The summed E-state index contributed by atoms with van der Waals surface area (Å²) < 4.78 is 2.22. The van der Waals surface area contributed by atoms with Crippen LogP contribution in [0.25, 0.3) is 0 Å². The van der Waals surface area contributed by atoms with Crippen LogP contribution in [0.1, 0.15) is 33.4 Å². The molecule has 1 rings (SSSR count). The van der Waals surface area contributed by atoms with E-state index in [0.717, 1.165) is 13.0 Å². The molecule has 0 aliphatic heterocycles. The molecule has 0 aromatic carbocycles. The quantitative estimate of drug-likeness (QED) is 0.799. The highest BCUT2D eigenvalue weighted by Crippen LogP contribution is 2.18. The molecule has 1 aromatic heterocycles. The molecule has 0 spiro atoms. The Hall–Kier alpha value is -0.830. The molecule has 0 saturated carbocycles. The molecule has 0 saturated heterocycles. The summed E-state index contributed by atoms with van der Waals surface area (Å²) in [6.07, 6.45) is 4.85. The maximum Gasteiger partial charge on any atom is 0.0953 e. The fraction of sp³-hybridized carbons (Fsp3) is 0.727. The summed E-state index contributed by atoms with van der Waals surface area (Å²) in [6, 6.07) is 0. The van der Waals surface area contributed by atoms with Crippen LogP contribution < -0.4 is 5.73 Å². The molecule has 1 atom stereocenters. The molecule has 0 bridgehead atoms. The first-order valence-corrected chi connectivity index (χ1v) is 5.17. The third-order valence-corrected chi connectivity index (χ3v) is 2.40. The van der Waals surface area contributed by atoms with Gasteiger partial charge in [-0.25, -0.2) is 4.98 Å². The Bertz CT molecular complexity index is 283. The standard InChI is InChI=1S/C11H21N3/c1-9(6-12)5-10-7-13-8-14(10)11(2,3)4/h7-9H,5-6,12H2,1-4H3. The molecule has 1 unspecified atom stereocenters. The lowest BCUT2D eigenvalue weighted by molar-refractivity contribution is 0.377. The van der Waals surface area contributed by atoms with E-state index in [4.69, 9.17) is 5.73 Å². The first-order valence-electron chi connectivity index (χ1n) is 5.17. The lowest BCUT2D eigenvalue weighted by atomic mass is 10.0. The molecule has 0 fully saturated rings. The number of hydrogen-bond acceptors (Lipinski definition) is 2. The van der Waals surface area contributed by atoms with Crippen molar-refractivity contribution < 1.29 is 0 Å². The molecule has 0 radical (unpaired) electrons. The molecule has 14 heavy (non-hydrogen) atoms. The molecule has 3 heteroatoms. The Morgan fingerprint density at radius 3 is 2.64 bits per heavy atom. The summed E-state index contributed by atoms with van der Waals surface area (Å²) >= 11 is 0. The fourth-order valence-corrected chi connectivity index (χ4v) is 1.52. The van der Waals surface area contributed by atoms with E-state index in [0.29, 0.717) is 5.92 Å². The van der Waals surface area contributed by atoms with E-state index in [1.165, 1.54) is 5.69 Å². The number of nitrogens with two attached hydrogens (primary N) is 1. The maximum atomic E-state index is 5.62. The van der Waals surface area contributed by atoms with Crippen LogP contribution in [0.4, 0.5) is 0 Å². The smallest absolute Gasteiger partial charge is 0.0953 e. The van der Waals surface area contributed by atoms with Gasteiger partial charge in [0.25, 0.3) is 0 Å². The van der Waals surface area contributed by atoms with Crippen LogP contribution in [0.2, 0.25) is 0 Å². The number of imidazole rings is 1. The summed E-state index contributed by atoms with van der Waals surface area (Å²) in [5.74, 6) is 0.521. The maximum absolute atomic E-state index is 5.62. The Labute approximate surface area is 86.3 Å². The van der Waals surface area contributed by atoms with Gasteiger partial charge in [-0.3, -0.25) is 0 Å². The molecule has 0 amide bonds. The average Bonchev–Trinajstić information content (AvgIpc) is 2.51. The van der Waals surface area contributed by atoms with Crippen molar-refractivity contribution in [2.45, 2.75) is 39.7 Å². The van der Waals surface area contributed by atoms with E-state index in [1.54, 1.807) is 0 Å². The Morgan fingerprint density at radius 2 is 2.14 bits per heavy atom. The van der Waals surface area contributed by atoms with Crippen LogP contribution in [-0.4, -0.2) is 16.1 Å². The summed E-state index contributed by atoms with van der Waals surface area (Å²) in [5, 5.41) is 0. The van der Waals surface area contributed by atoms with E-state index < -0.39 is 0 Å². The van der Waals surface area contributed by atoms with E-state index in [2.05, 4.69) is 37.2 Å². The average molecular weight is 195 g/mol. The molecule has 1 heterocycles. The third kappa shape index (κ3) is 2.58. The minimum absolute atomic E-state index is 0.111. The summed E-state index contributed by atoms with van der Waals surface area (Å²) in [4.78, 5) is 4.20. The third-order valence-electron chi connectivity index (χ3n) is 2.40. The second-order valence-corrected chi connectivity index (χ2v) is 4.97. The van der Waals surface area contributed by atoms with Gasteiger partial charge < -0.3 is 10.3 Å². The minimum Gasteiger partial charge on any atom is -0.330 e. The lowest BCUT2D eigenvalue weighted by Crippen LogP contribution is -2.25. The zero-order valence-corrected chi connectivity index (χ0v) is 9.62. The molecule has 80 valence electrons. The van der Waals surface area contributed by atoms with E-state index in [1.807, 2.05) is 12.5 Å². The van der Waals surface area contributed by atoms with Crippen molar-refractivity contribution in [2.75, 3.05) is 6.54 Å². The van der Waals surface area contributed by atoms with Crippen LogP contribution in [0, 0.1) is 5.92 Å². The highest BCUT2D eigenvalue weighted by atomic mass is 15.1. The Morgan fingerprint density at radius 1 is 1.50 bits per heavy atom. The molecular weight excluding hydrogens is 174 g/mol. The van der Waals surface area contributed by atoms with Crippen molar-refractivity contribution in [2.24, 2.45) is 11.7 Å². The Kier molecular flexibility index (Phi) is 3.32. The highest BCUT2D eigenvalue weighted by molar-refractivity contribution is 5.03. The molecule has 0 aliphatic rings. The van der Waals surface area contributed by atoms with Crippen molar-refractivity contribution in [1.82, 2.24) is 9.55 Å². The number of hydrogen-bond donors (Lipinski definition) is 1. The summed E-state index contributed by atoms with van der Waals surface area (Å²) in [7, 11) is 0. The Balaban J connectivity index is 2.83. The molecule has 3 nitrogen and oxygen atoms in total. The number of rotatable bonds is 3. The zero-order valence-electron chi connectivity index (χ0n) is 9.62. The first kappa shape index (κ1) is 11.2. The van der Waals surface area contributed by atoms with Crippen LogP contribution in [0.5, 0.6) is 0 Å². The van der Waals surface area contributed by atoms with Gasteiger partial charge in [0.05, 0.1) is 6.33 Å². The van der Waals surface area contributed by atoms with Gasteiger partial charge in [-0.15, -0.1) is 0 Å². The second kappa shape index (κ2) is 4.13. The fourth-order valence-electron chi connectivity index (χ4n) is 1.52. The van der Waals surface area contributed by atoms with Gasteiger partial charge in [-0.05, 0) is 39.7 Å². The molecule has 1 aromatic rings. The monoisotopic (exact) mass is 195 g/mol. The lowest BCUT2D eigenvalue weighted by Gasteiger charge is -2.24. The molecule has 0 aliphatic carbocycles. The van der Waals surface area contributed by atoms with Gasteiger partial charge in [0.1, 0.15) is 0 Å². The predicted molar refractivity (Wildman–Crippen MR) is 59.1 cm³/mol. The SMILES string of the molecule is CC(CN)Cc1cncn1C(C)(C)C. The summed E-state index contributed by atoms with van der Waals surface area (Å²) in [5.41, 5.74) is 7.00.